The SMILES string of the molecule is [2H]c1c([2H])c([2H])c(-c2c([2H])c([2H])c(-c3c([2H])c([2H])c([2H])c4c3oc3c([2H])c(-c5nc(-c6ccccc6)nc(-c6ccc7sc8ccccc8c7c6)n5)c([2H])c([2H])c34)c([2H])c2[2H])c([2H])c1[2H]. The van der Waals surface area contributed by atoms with Crippen molar-refractivity contribution in [2.24, 2.45) is 0 Å². The molecule has 0 unspecified atom stereocenters. The molecule has 0 saturated heterocycles. The van der Waals surface area contributed by atoms with Crippen LogP contribution in [0.5, 0.6) is 0 Å². The third-order valence-corrected chi connectivity index (χ3v) is 9.36. The monoisotopic (exact) mass is 672 g/mol. The summed E-state index contributed by atoms with van der Waals surface area (Å²) < 4.78 is 141. The molecular weight excluding hydrogens is 631 g/mol. The van der Waals surface area contributed by atoms with E-state index >= 15 is 0 Å². The van der Waals surface area contributed by atoms with Crippen molar-refractivity contribution < 1.29 is 25.0 Å². The van der Waals surface area contributed by atoms with Crippen LogP contribution >= 0.6 is 11.3 Å². The quantitative estimate of drug-likeness (QED) is 0.183. The van der Waals surface area contributed by atoms with Crippen LogP contribution in [0.1, 0.15) is 20.6 Å². The van der Waals surface area contributed by atoms with Crippen LogP contribution in [0, 0.1) is 0 Å². The van der Waals surface area contributed by atoms with E-state index in [9.17, 15) is 4.11 Å². The average molecular weight is 673 g/mol. The summed E-state index contributed by atoms with van der Waals surface area (Å²) in [5.74, 6) is 0.274. The Morgan fingerprint density at radius 2 is 1.14 bits per heavy atom. The van der Waals surface area contributed by atoms with Crippen LogP contribution in [0.2, 0.25) is 0 Å². The van der Waals surface area contributed by atoms with Crippen LogP contribution in [0.4, 0.5) is 0 Å². The van der Waals surface area contributed by atoms with Gasteiger partial charge >= 0.3 is 0 Å². The van der Waals surface area contributed by atoms with Gasteiger partial charge in [0.05, 0.1) is 20.6 Å². The molecule has 0 N–H and O–H groups in total. The van der Waals surface area contributed by atoms with Crippen LogP contribution in [0.25, 0.3) is 98.5 Å². The van der Waals surface area contributed by atoms with E-state index in [2.05, 4.69) is 0 Å². The standard InChI is InChI=1S/C45H27N3OS/c1-3-10-28(11-4-1)29-18-20-30(21-19-29)34-15-9-16-37-35-24-22-33(27-39(35)49-42(34)37)45-47-43(31-12-5-2-6-13-31)46-44(48-45)32-23-25-41-38(26-32)36-14-7-8-17-40(36)50-41/h1-27H/i1D,3D,4D,9D,10D,11D,15D,16D,18D,19D,20D,21D,22D,24D,27D. The van der Waals surface area contributed by atoms with Crippen LogP contribution in [-0.2, 0) is 0 Å². The van der Waals surface area contributed by atoms with E-state index in [1.54, 1.807) is 35.6 Å². The summed E-state index contributed by atoms with van der Waals surface area (Å²) in [6.45, 7) is 0. The molecule has 4 nitrogen and oxygen atoms in total. The van der Waals surface area contributed by atoms with Crippen molar-refractivity contribution in [3.05, 3.63) is 163 Å². The number of benzene rings is 7. The maximum absolute atomic E-state index is 9.53. The highest BCUT2D eigenvalue weighted by Gasteiger charge is 2.17. The Morgan fingerprint density at radius 3 is 1.98 bits per heavy atom. The Kier molecular flexibility index (Phi) is 4.02. The summed E-state index contributed by atoms with van der Waals surface area (Å²) in [5.41, 5.74) is -2.06. The fraction of sp³-hybridized carbons (Fsp3) is 0. The highest BCUT2D eigenvalue weighted by Crippen LogP contribution is 2.39. The van der Waals surface area contributed by atoms with Crippen LogP contribution in [0.3, 0.4) is 0 Å². The van der Waals surface area contributed by atoms with Gasteiger partial charge in [-0.3, -0.25) is 0 Å². The Labute approximate surface area is 313 Å². The molecule has 10 rings (SSSR count). The van der Waals surface area contributed by atoms with Crippen molar-refractivity contribution >= 4 is 53.4 Å². The lowest BCUT2D eigenvalue weighted by atomic mass is 9.99. The smallest absolute Gasteiger partial charge is 0.164 e. The highest BCUT2D eigenvalue weighted by molar-refractivity contribution is 7.25. The minimum Gasteiger partial charge on any atom is -0.455 e. The van der Waals surface area contributed by atoms with Gasteiger partial charge in [0.1, 0.15) is 11.2 Å². The molecule has 0 bridgehead atoms. The number of nitrogens with zero attached hydrogens (tertiary/aromatic N) is 3. The topological polar surface area (TPSA) is 51.8 Å². The molecule has 3 heterocycles. The third kappa shape index (κ3) is 4.87. The van der Waals surface area contributed by atoms with Crippen molar-refractivity contribution in [2.75, 3.05) is 0 Å². The zero-order valence-electron chi connectivity index (χ0n) is 40.6. The Hall–Kier alpha value is -6.43. The first-order valence-electron chi connectivity index (χ1n) is 22.9. The van der Waals surface area contributed by atoms with Gasteiger partial charge in [-0.15, -0.1) is 11.3 Å². The molecule has 50 heavy (non-hydrogen) atoms. The largest absolute Gasteiger partial charge is 0.455 e. The van der Waals surface area contributed by atoms with Crippen molar-refractivity contribution in [2.45, 2.75) is 0 Å². The third-order valence-electron chi connectivity index (χ3n) is 8.21. The first-order valence-corrected chi connectivity index (χ1v) is 16.2. The molecule has 234 valence electrons. The Balaban J connectivity index is 1.23. The van der Waals surface area contributed by atoms with Crippen molar-refractivity contribution in [3.8, 4) is 56.4 Å². The summed E-state index contributed by atoms with van der Waals surface area (Å²) >= 11 is 1.64. The predicted octanol–water partition coefficient (Wildman–Crippen LogP) is 12.5. The number of para-hydroxylation sites is 1. The first-order chi connectivity index (χ1) is 31.0. The lowest BCUT2D eigenvalue weighted by Gasteiger charge is -2.08. The summed E-state index contributed by atoms with van der Waals surface area (Å²) in [7, 11) is 0. The molecule has 0 amide bonds. The number of thiophene rings is 1. The molecule has 3 aromatic heterocycles. The lowest BCUT2D eigenvalue weighted by Crippen LogP contribution is -2.00. The normalized spacial score (nSPS) is 15.8. The second-order valence-corrected chi connectivity index (χ2v) is 12.3. The van der Waals surface area contributed by atoms with Gasteiger partial charge in [0, 0.05) is 53.2 Å². The molecule has 0 saturated carbocycles. The fourth-order valence-electron chi connectivity index (χ4n) is 5.84. The molecule has 0 aliphatic carbocycles. The van der Waals surface area contributed by atoms with E-state index < -0.39 is 118 Å². The maximum atomic E-state index is 9.53. The van der Waals surface area contributed by atoms with Gasteiger partial charge in [0.25, 0.3) is 0 Å². The van der Waals surface area contributed by atoms with Gasteiger partial charge < -0.3 is 4.42 Å². The van der Waals surface area contributed by atoms with Crippen molar-refractivity contribution in [3.63, 3.8) is 0 Å². The minimum atomic E-state index is -0.825. The zero-order chi connectivity index (χ0) is 46.1. The lowest BCUT2D eigenvalue weighted by molar-refractivity contribution is 0.670. The van der Waals surface area contributed by atoms with Crippen molar-refractivity contribution in [1.82, 2.24) is 15.0 Å². The van der Waals surface area contributed by atoms with E-state index in [1.807, 2.05) is 48.5 Å². The van der Waals surface area contributed by atoms with Gasteiger partial charge in [-0.2, -0.15) is 0 Å². The van der Waals surface area contributed by atoms with E-state index in [4.69, 9.17) is 35.8 Å². The fourth-order valence-corrected chi connectivity index (χ4v) is 6.93. The molecule has 0 fully saturated rings. The van der Waals surface area contributed by atoms with Crippen LogP contribution in [-0.4, -0.2) is 15.0 Å². The molecule has 0 atom stereocenters. The zero-order valence-corrected chi connectivity index (χ0v) is 26.4. The number of fused-ring (bicyclic) bond motifs is 6. The second kappa shape index (κ2) is 11.6. The molecule has 5 heteroatoms. The summed E-state index contributed by atoms with van der Waals surface area (Å²) in [4.78, 5) is 14.3. The van der Waals surface area contributed by atoms with E-state index in [1.165, 1.54) is 0 Å². The molecule has 0 spiro atoms. The van der Waals surface area contributed by atoms with Gasteiger partial charge in [-0.05, 0) is 53.0 Å². The molecule has 0 aliphatic heterocycles. The van der Waals surface area contributed by atoms with Gasteiger partial charge in [0.15, 0.2) is 17.5 Å². The molecule has 0 aliphatic rings. The van der Waals surface area contributed by atoms with Gasteiger partial charge in [-0.1, -0.05) is 127 Å². The minimum absolute atomic E-state index is 0.147. The number of aromatic nitrogens is 3. The second-order valence-electron chi connectivity index (χ2n) is 11.2. The number of hydrogen-bond donors (Lipinski definition) is 0. The number of hydrogen-bond acceptors (Lipinski definition) is 5. The average Bonchev–Trinajstić information content (AvgIpc) is 3.90. The molecule has 0 radical (unpaired) electrons. The molecular formula is C45H27N3OS. The van der Waals surface area contributed by atoms with Gasteiger partial charge in [-0.25, -0.2) is 15.0 Å². The van der Waals surface area contributed by atoms with Crippen molar-refractivity contribution in [1.29, 1.82) is 0 Å². The van der Waals surface area contributed by atoms with E-state index in [-0.39, 0.29) is 39.4 Å². The van der Waals surface area contributed by atoms with E-state index in [0.717, 1.165) is 20.2 Å². The summed E-state index contributed by atoms with van der Waals surface area (Å²) in [6.07, 6.45) is 0. The number of furan rings is 1. The Morgan fingerprint density at radius 1 is 0.460 bits per heavy atom. The maximum Gasteiger partial charge on any atom is 0.164 e. The summed E-state index contributed by atoms with van der Waals surface area (Å²) in [5, 5.41) is 1.47. The van der Waals surface area contributed by atoms with Gasteiger partial charge in [0.2, 0.25) is 0 Å². The number of rotatable bonds is 5. The van der Waals surface area contributed by atoms with Crippen LogP contribution in [0.15, 0.2) is 168 Å². The molecule has 7 aromatic carbocycles. The first kappa shape index (κ1) is 17.3. The van der Waals surface area contributed by atoms with Crippen LogP contribution < -0.4 is 0 Å². The predicted molar refractivity (Wildman–Crippen MR) is 207 cm³/mol. The summed E-state index contributed by atoms with van der Waals surface area (Å²) in [6, 6.07) is 12.0. The molecule has 10 aromatic rings. The highest BCUT2D eigenvalue weighted by atomic mass is 32.1. The van der Waals surface area contributed by atoms with E-state index in [0.29, 0.717) is 11.1 Å². The Bertz CT molecular complexity index is 3680.